The molecule has 6 heteroatoms. The van der Waals surface area contributed by atoms with Crippen molar-refractivity contribution in [2.45, 2.75) is 56.3 Å². The van der Waals surface area contributed by atoms with Gasteiger partial charge in [-0.15, -0.1) is 0 Å². The lowest BCUT2D eigenvalue weighted by atomic mass is 9.80. The van der Waals surface area contributed by atoms with E-state index < -0.39 is 18.1 Å². The Bertz CT molecular complexity index is 350. The SMILES string of the molecule is COC(=O)[C@@H](N)[C@H](O)C1=NOC2(CCCCC2)C1. The van der Waals surface area contributed by atoms with Gasteiger partial charge in [-0.3, -0.25) is 4.79 Å². The molecule has 6 nitrogen and oxygen atoms in total. The van der Waals surface area contributed by atoms with Crippen LogP contribution in [-0.4, -0.2) is 41.6 Å². The quantitative estimate of drug-likeness (QED) is 0.709. The Balaban J connectivity index is 1.97. The van der Waals surface area contributed by atoms with Gasteiger partial charge in [0.15, 0.2) is 0 Å². The molecule has 2 aliphatic rings. The van der Waals surface area contributed by atoms with Crippen LogP contribution in [0.3, 0.4) is 0 Å². The molecule has 0 bridgehead atoms. The molecular weight excluding hydrogens is 236 g/mol. The van der Waals surface area contributed by atoms with Gasteiger partial charge in [-0.2, -0.15) is 0 Å². The molecule has 1 saturated carbocycles. The number of hydrogen-bond acceptors (Lipinski definition) is 6. The molecule has 3 N–H and O–H groups in total. The van der Waals surface area contributed by atoms with Gasteiger partial charge in [0.1, 0.15) is 17.7 Å². The fourth-order valence-corrected chi connectivity index (χ4v) is 2.65. The van der Waals surface area contributed by atoms with Crippen molar-refractivity contribution in [3.63, 3.8) is 0 Å². The molecule has 0 aromatic carbocycles. The summed E-state index contributed by atoms with van der Waals surface area (Å²) in [4.78, 5) is 16.8. The van der Waals surface area contributed by atoms with Gasteiger partial charge in [0.2, 0.25) is 0 Å². The standard InChI is InChI=1S/C12H20N2O4/c1-17-11(16)9(13)10(15)8-7-12(18-14-8)5-3-2-4-6-12/h9-10,15H,2-7,13H2,1H3/t9-,10+/m0/s1. The number of ether oxygens (including phenoxy) is 1. The van der Waals surface area contributed by atoms with Crippen LogP contribution in [-0.2, 0) is 14.4 Å². The predicted octanol–water partition coefficient (Wildman–Crippen LogP) is 0.327. The van der Waals surface area contributed by atoms with Crippen molar-refractivity contribution in [3.8, 4) is 0 Å². The van der Waals surface area contributed by atoms with E-state index in [4.69, 9.17) is 10.6 Å². The molecule has 1 spiro atoms. The van der Waals surface area contributed by atoms with E-state index >= 15 is 0 Å². The van der Waals surface area contributed by atoms with Crippen molar-refractivity contribution in [3.05, 3.63) is 0 Å². The molecule has 0 aromatic heterocycles. The second-order valence-corrected chi connectivity index (χ2v) is 5.09. The van der Waals surface area contributed by atoms with Gasteiger partial charge in [0, 0.05) is 6.42 Å². The van der Waals surface area contributed by atoms with Crippen LogP contribution in [0.15, 0.2) is 5.16 Å². The predicted molar refractivity (Wildman–Crippen MR) is 65.0 cm³/mol. The van der Waals surface area contributed by atoms with E-state index in [1.165, 1.54) is 13.5 Å². The van der Waals surface area contributed by atoms with Crippen LogP contribution < -0.4 is 5.73 Å². The summed E-state index contributed by atoms with van der Waals surface area (Å²) in [5.74, 6) is -0.644. The Morgan fingerprint density at radius 1 is 1.50 bits per heavy atom. The average Bonchev–Trinajstić information content (AvgIpc) is 2.80. The Morgan fingerprint density at radius 2 is 2.17 bits per heavy atom. The summed E-state index contributed by atoms with van der Waals surface area (Å²) in [6, 6.07) is -1.10. The lowest BCUT2D eigenvalue weighted by molar-refractivity contribution is -0.143. The number of rotatable bonds is 3. The minimum Gasteiger partial charge on any atom is -0.468 e. The van der Waals surface area contributed by atoms with E-state index in [0.29, 0.717) is 12.1 Å². The van der Waals surface area contributed by atoms with Crippen LogP contribution in [0.4, 0.5) is 0 Å². The van der Waals surface area contributed by atoms with Crippen molar-refractivity contribution in [2.24, 2.45) is 10.9 Å². The van der Waals surface area contributed by atoms with E-state index in [9.17, 15) is 9.90 Å². The number of aliphatic hydroxyl groups excluding tert-OH is 1. The number of oxime groups is 1. The summed E-state index contributed by atoms with van der Waals surface area (Å²) in [6.45, 7) is 0. The minimum absolute atomic E-state index is 0.273. The van der Waals surface area contributed by atoms with Crippen LogP contribution in [0, 0.1) is 0 Å². The zero-order chi connectivity index (χ0) is 13.2. The summed E-state index contributed by atoms with van der Waals surface area (Å²) >= 11 is 0. The molecule has 1 aliphatic carbocycles. The van der Waals surface area contributed by atoms with Crippen molar-refractivity contribution >= 4 is 11.7 Å². The van der Waals surface area contributed by atoms with Crippen molar-refractivity contribution in [1.82, 2.24) is 0 Å². The number of methoxy groups -OCH3 is 1. The van der Waals surface area contributed by atoms with Gasteiger partial charge in [-0.25, -0.2) is 0 Å². The molecule has 1 heterocycles. The topological polar surface area (TPSA) is 94.1 Å². The van der Waals surface area contributed by atoms with Crippen LogP contribution in [0.5, 0.6) is 0 Å². The summed E-state index contributed by atoms with van der Waals surface area (Å²) < 4.78 is 4.51. The Hall–Kier alpha value is -1.14. The number of nitrogens with zero attached hydrogens (tertiary/aromatic N) is 1. The minimum atomic E-state index is -1.13. The van der Waals surface area contributed by atoms with Crippen LogP contribution in [0.1, 0.15) is 38.5 Å². The van der Waals surface area contributed by atoms with E-state index in [2.05, 4.69) is 9.89 Å². The third-order valence-electron chi connectivity index (χ3n) is 3.78. The van der Waals surface area contributed by atoms with Gasteiger partial charge >= 0.3 is 5.97 Å². The molecule has 102 valence electrons. The van der Waals surface area contributed by atoms with Crippen LogP contribution in [0.2, 0.25) is 0 Å². The first-order chi connectivity index (χ1) is 8.58. The molecule has 0 radical (unpaired) electrons. The zero-order valence-electron chi connectivity index (χ0n) is 10.6. The molecule has 2 atom stereocenters. The largest absolute Gasteiger partial charge is 0.468 e. The number of carbonyl (C=O) groups excluding carboxylic acids is 1. The molecule has 1 fully saturated rings. The lowest BCUT2D eigenvalue weighted by Crippen LogP contribution is -2.47. The summed E-state index contributed by atoms with van der Waals surface area (Å²) in [7, 11) is 1.24. The first-order valence-electron chi connectivity index (χ1n) is 6.34. The highest BCUT2D eigenvalue weighted by atomic mass is 16.7. The van der Waals surface area contributed by atoms with Gasteiger partial charge in [0.25, 0.3) is 0 Å². The Morgan fingerprint density at radius 3 is 2.78 bits per heavy atom. The maximum atomic E-state index is 11.3. The van der Waals surface area contributed by atoms with Crippen LogP contribution >= 0.6 is 0 Å². The van der Waals surface area contributed by atoms with Gasteiger partial charge in [-0.1, -0.05) is 11.6 Å². The van der Waals surface area contributed by atoms with Crippen molar-refractivity contribution in [2.75, 3.05) is 7.11 Å². The average molecular weight is 256 g/mol. The number of hydrogen-bond donors (Lipinski definition) is 2. The third kappa shape index (κ3) is 2.49. The van der Waals surface area contributed by atoms with Gasteiger partial charge in [0.05, 0.1) is 12.8 Å². The number of nitrogens with two attached hydrogens (primary N) is 1. The smallest absolute Gasteiger partial charge is 0.325 e. The van der Waals surface area contributed by atoms with E-state index in [1.54, 1.807) is 0 Å². The van der Waals surface area contributed by atoms with E-state index in [1.807, 2.05) is 0 Å². The lowest BCUT2D eigenvalue weighted by Gasteiger charge is -2.30. The second kappa shape index (κ2) is 5.24. The van der Waals surface area contributed by atoms with Crippen LogP contribution in [0.25, 0.3) is 0 Å². The fraction of sp³-hybridized carbons (Fsp3) is 0.833. The molecule has 0 unspecified atom stereocenters. The highest BCUT2D eigenvalue weighted by molar-refractivity contribution is 5.95. The maximum absolute atomic E-state index is 11.3. The van der Waals surface area contributed by atoms with E-state index in [0.717, 1.165) is 25.7 Å². The highest BCUT2D eigenvalue weighted by Gasteiger charge is 2.43. The zero-order valence-corrected chi connectivity index (χ0v) is 10.6. The first-order valence-corrected chi connectivity index (χ1v) is 6.34. The van der Waals surface area contributed by atoms with E-state index in [-0.39, 0.29) is 5.60 Å². The molecule has 0 saturated heterocycles. The Kier molecular flexibility index (Phi) is 3.87. The number of esters is 1. The third-order valence-corrected chi connectivity index (χ3v) is 3.78. The molecule has 18 heavy (non-hydrogen) atoms. The molecule has 1 aliphatic heterocycles. The first kappa shape index (κ1) is 13.3. The molecular formula is C12H20N2O4. The summed E-state index contributed by atoms with van der Waals surface area (Å²) in [5, 5.41) is 13.9. The number of aliphatic hydroxyl groups is 1. The molecule has 0 aromatic rings. The Labute approximate surface area is 106 Å². The molecule has 0 amide bonds. The number of carbonyl (C=O) groups is 1. The second-order valence-electron chi connectivity index (χ2n) is 5.09. The van der Waals surface area contributed by atoms with Crippen molar-refractivity contribution in [1.29, 1.82) is 0 Å². The normalized spacial score (nSPS) is 25.2. The highest BCUT2D eigenvalue weighted by Crippen LogP contribution is 2.38. The fourth-order valence-electron chi connectivity index (χ4n) is 2.65. The molecule has 2 rings (SSSR count). The monoisotopic (exact) mass is 256 g/mol. The summed E-state index contributed by atoms with van der Waals surface area (Å²) in [6.07, 6.45) is 4.76. The van der Waals surface area contributed by atoms with Gasteiger partial charge in [-0.05, 0) is 25.7 Å². The summed E-state index contributed by atoms with van der Waals surface area (Å²) in [5.41, 5.74) is 5.79. The van der Waals surface area contributed by atoms with Crippen molar-refractivity contribution < 1.29 is 19.5 Å². The maximum Gasteiger partial charge on any atom is 0.325 e. The van der Waals surface area contributed by atoms with Gasteiger partial charge < -0.3 is 20.4 Å².